The predicted molar refractivity (Wildman–Crippen MR) is 57.9 cm³/mol. The molecule has 2 aromatic rings. The summed E-state index contributed by atoms with van der Waals surface area (Å²) < 4.78 is 23.8. The molecule has 0 N–H and O–H groups in total. The van der Waals surface area contributed by atoms with Gasteiger partial charge in [0.25, 0.3) is 9.05 Å². The molecule has 0 saturated carbocycles. The van der Waals surface area contributed by atoms with Gasteiger partial charge in [-0.1, -0.05) is 0 Å². The molecule has 0 aromatic carbocycles. The number of aryl methyl sites for hydroxylation is 2. The van der Waals surface area contributed by atoms with E-state index in [1.165, 1.54) is 11.0 Å². The van der Waals surface area contributed by atoms with Crippen LogP contribution in [0.2, 0.25) is 0 Å². The van der Waals surface area contributed by atoms with Crippen molar-refractivity contribution in [2.45, 2.75) is 18.5 Å². The van der Waals surface area contributed by atoms with E-state index in [0.29, 0.717) is 18.2 Å². The second-order valence-corrected chi connectivity index (χ2v) is 5.90. The summed E-state index contributed by atoms with van der Waals surface area (Å²) in [5, 5.41) is 11.3. The number of nitrogens with zero attached hydrogens (tertiary/aromatic N) is 6. The maximum atomic E-state index is 11.1. The van der Waals surface area contributed by atoms with Crippen molar-refractivity contribution in [3.63, 3.8) is 0 Å². The van der Waals surface area contributed by atoms with Gasteiger partial charge in [-0.3, -0.25) is 0 Å². The van der Waals surface area contributed by atoms with E-state index in [2.05, 4.69) is 20.4 Å². The fourth-order valence-corrected chi connectivity index (χ4v) is 2.01. The van der Waals surface area contributed by atoms with E-state index in [-0.39, 0.29) is 5.03 Å². The Morgan fingerprint density at radius 2 is 2.18 bits per heavy atom. The molecule has 0 saturated heterocycles. The van der Waals surface area contributed by atoms with E-state index in [0.717, 1.165) is 0 Å². The van der Waals surface area contributed by atoms with Crippen LogP contribution in [-0.2, 0) is 22.6 Å². The lowest BCUT2D eigenvalue weighted by Gasteiger charge is -1.98. The minimum Gasteiger partial charge on any atom is -0.326 e. The second kappa shape index (κ2) is 4.08. The highest BCUT2D eigenvalue weighted by Gasteiger charge is 2.16. The number of aromatic nitrogens is 6. The molecule has 0 aliphatic heterocycles. The van der Waals surface area contributed by atoms with Crippen molar-refractivity contribution >= 4 is 19.7 Å². The summed E-state index contributed by atoms with van der Waals surface area (Å²) in [6, 6.07) is 0. The van der Waals surface area contributed by atoms with Gasteiger partial charge < -0.3 is 4.57 Å². The molecule has 0 spiro atoms. The highest BCUT2D eigenvalue weighted by atomic mass is 35.7. The molecule has 0 unspecified atom stereocenters. The smallest absolute Gasteiger partial charge is 0.280 e. The van der Waals surface area contributed by atoms with Crippen molar-refractivity contribution in [2.24, 2.45) is 7.05 Å². The van der Waals surface area contributed by atoms with Crippen LogP contribution in [0, 0.1) is 6.92 Å². The third kappa shape index (κ3) is 2.61. The average Bonchev–Trinajstić information content (AvgIpc) is 2.74. The number of hydrogen-bond donors (Lipinski definition) is 0. The van der Waals surface area contributed by atoms with Crippen molar-refractivity contribution < 1.29 is 8.42 Å². The predicted octanol–water partition coefficient (Wildman–Crippen LogP) is -0.309. The lowest BCUT2D eigenvalue weighted by Crippen LogP contribution is -2.03. The molecule has 2 rings (SSSR count). The van der Waals surface area contributed by atoms with Gasteiger partial charge in [-0.2, -0.15) is 4.80 Å². The van der Waals surface area contributed by atoms with Gasteiger partial charge in [0.05, 0.1) is 13.6 Å². The number of rotatable bonds is 3. The summed E-state index contributed by atoms with van der Waals surface area (Å²) in [5.74, 6) is 0.975. The Morgan fingerprint density at radius 3 is 2.65 bits per heavy atom. The van der Waals surface area contributed by atoms with E-state index in [9.17, 15) is 8.42 Å². The molecule has 17 heavy (non-hydrogen) atoms. The summed E-state index contributed by atoms with van der Waals surface area (Å²) in [6.45, 7) is 1.96. The molecule has 10 heteroatoms. The van der Waals surface area contributed by atoms with Gasteiger partial charge >= 0.3 is 0 Å². The first-order chi connectivity index (χ1) is 7.86. The molecule has 92 valence electrons. The van der Waals surface area contributed by atoms with Gasteiger partial charge in [0.2, 0.25) is 0 Å². The first-order valence-electron chi connectivity index (χ1n) is 4.57. The van der Waals surface area contributed by atoms with Crippen LogP contribution in [0.15, 0.2) is 11.2 Å². The molecule has 0 radical (unpaired) electrons. The first-order valence-corrected chi connectivity index (χ1v) is 6.88. The molecule has 2 heterocycles. The molecular formula is C7H9ClN6O2S. The number of hydrogen-bond acceptors (Lipinski definition) is 6. The van der Waals surface area contributed by atoms with Crippen LogP contribution >= 0.6 is 10.7 Å². The lowest BCUT2D eigenvalue weighted by molar-refractivity contribution is 0.606. The number of halogens is 1. The van der Waals surface area contributed by atoms with E-state index in [4.69, 9.17) is 10.7 Å². The molecule has 0 atom stereocenters. The van der Waals surface area contributed by atoms with E-state index < -0.39 is 9.05 Å². The van der Waals surface area contributed by atoms with Crippen molar-refractivity contribution in [3.8, 4) is 0 Å². The molecule has 0 aliphatic carbocycles. The van der Waals surface area contributed by atoms with Gasteiger partial charge in [0.15, 0.2) is 10.9 Å². The Hall–Kier alpha value is -1.48. The molecule has 0 aliphatic rings. The number of tetrazole rings is 1. The molecular weight excluding hydrogens is 268 g/mol. The Balaban J connectivity index is 2.31. The van der Waals surface area contributed by atoms with Crippen molar-refractivity contribution in [2.75, 3.05) is 0 Å². The summed E-state index contributed by atoms with van der Waals surface area (Å²) in [6.07, 6.45) is 1.34. The zero-order valence-corrected chi connectivity index (χ0v) is 10.6. The average molecular weight is 277 g/mol. The first kappa shape index (κ1) is 12.0. The maximum absolute atomic E-state index is 11.1. The minimum absolute atomic E-state index is 0.180. The zero-order chi connectivity index (χ0) is 12.6. The normalized spacial score (nSPS) is 11.9. The third-order valence-electron chi connectivity index (χ3n) is 2.07. The second-order valence-electron chi connectivity index (χ2n) is 3.39. The highest BCUT2D eigenvalue weighted by molar-refractivity contribution is 8.13. The van der Waals surface area contributed by atoms with Gasteiger partial charge in [0, 0.05) is 16.9 Å². The van der Waals surface area contributed by atoms with Crippen molar-refractivity contribution in [3.05, 3.63) is 17.8 Å². The molecule has 0 bridgehead atoms. The van der Waals surface area contributed by atoms with E-state index in [1.807, 2.05) is 0 Å². The largest absolute Gasteiger partial charge is 0.326 e. The minimum atomic E-state index is -3.81. The van der Waals surface area contributed by atoms with Crippen LogP contribution in [0.25, 0.3) is 0 Å². The summed E-state index contributed by atoms with van der Waals surface area (Å²) in [7, 11) is 3.03. The fraction of sp³-hybridized carbons (Fsp3) is 0.429. The molecule has 2 aromatic heterocycles. The molecule has 8 nitrogen and oxygen atoms in total. The van der Waals surface area contributed by atoms with Gasteiger partial charge in [0.1, 0.15) is 5.82 Å². The Kier molecular flexibility index (Phi) is 2.87. The molecule has 0 amide bonds. The lowest BCUT2D eigenvalue weighted by atomic mass is 10.5. The third-order valence-corrected chi connectivity index (χ3v) is 3.24. The molecule has 0 fully saturated rings. The van der Waals surface area contributed by atoms with E-state index in [1.54, 1.807) is 18.5 Å². The Bertz CT molecular complexity index is 645. The summed E-state index contributed by atoms with van der Waals surface area (Å²) >= 11 is 0. The SMILES string of the molecule is Cc1nc(S(=O)(=O)Cl)cn1Cc1nnn(C)n1. The van der Waals surface area contributed by atoms with Gasteiger partial charge in [-0.25, -0.2) is 13.4 Å². The Labute approximate surface area is 102 Å². The monoisotopic (exact) mass is 276 g/mol. The quantitative estimate of drug-likeness (QED) is 0.714. The summed E-state index contributed by atoms with van der Waals surface area (Å²) in [5.41, 5.74) is 0. The van der Waals surface area contributed by atoms with Crippen molar-refractivity contribution in [1.29, 1.82) is 0 Å². The van der Waals surface area contributed by atoms with Crippen LogP contribution in [0.3, 0.4) is 0 Å². The van der Waals surface area contributed by atoms with Crippen LogP contribution in [0.4, 0.5) is 0 Å². The zero-order valence-electron chi connectivity index (χ0n) is 9.07. The maximum Gasteiger partial charge on any atom is 0.280 e. The van der Waals surface area contributed by atoms with Crippen LogP contribution in [-0.4, -0.2) is 38.2 Å². The van der Waals surface area contributed by atoms with E-state index >= 15 is 0 Å². The van der Waals surface area contributed by atoms with Crippen LogP contribution < -0.4 is 0 Å². The van der Waals surface area contributed by atoms with Gasteiger partial charge in [-0.05, 0) is 12.1 Å². The fourth-order valence-electron chi connectivity index (χ4n) is 1.30. The highest BCUT2D eigenvalue weighted by Crippen LogP contribution is 2.14. The number of imidazole rings is 1. The van der Waals surface area contributed by atoms with Gasteiger partial charge in [-0.15, -0.1) is 10.2 Å². The standard InChI is InChI=1S/C7H9ClN6O2S/c1-5-9-7(17(8,15)16)4-14(5)3-6-10-12-13(2)11-6/h4H,3H2,1-2H3. The van der Waals surface area contributed by atoms with Crippen molar-refractivity contribution in [1.82, 2.24) is 29.8 Å². The summed E-state index contributed by atoms with van der Waals surface area (Å²) in [4.78, 5) is 5.17. The van der Waals surface area contributed by atoms with Crippen LogP contribution in [0.1, 0.15) is 11.6 Å². The Morgan fingerprint density at radius 1 is 1.47 bits per heavy atom. The van der Waals surface area contributed by atoms with Crippen LogP contribution in [0.5, 0.6) is 0 Å². The topological polar surface area (TPSA) is 95.6 Å².